The first-order chi connectivity index (χ1) is 15.0. The summed E-state index contributed by atoms with van der Waals surface area (Å²) in [5, 5.41) is 0. The molecule has 1 aliphatic rings. The number of fused-ring (bicyclic) bond motifs is 1. The number of aryl methyl sites for hydroxylation is 2. The number of hydrogen-bond donors (Lipinski definition) is 0. The normalized spacial score (nSPS) is 16.4. The third-order valence-electron chi connectivity index (χ3n) is 5.60. The minimum Gasteiger partial charge on any atom is -0.353 e. The van der Waals surface area contributed by atoms with Crippen molar-refractivity contribution in [2.75, 3.05) is 18.0 Å². The van der Waals surface area contributed by atoms with Crippen molar-refractivity contribution >= 4 is 11.5 Å². The van der Waals surface area contributed by atoms with Gasteiger partial charge >= 0.3 is 0 Å². The maximum Gasteiger partial charge on any atom is 0.136 e. The van der Waals surface area contributed by atoms with Gasteiger partial charge < -0.3 is 9.30 Å². The Morgan fingerprint density at radius 1 is 1.00 bits per heavy atom. The molecule has 5 rings (SSSR count). The Morgan fingerprint density at radius 2 is 1.87 bits per heavy atom. The molecule has 0 bridgehead atoms. The lowest BCUT2D eigenvalue weighted by atomic mass is 10.1. The van der Waals surface area contributed by atoms with Crippen molar-refractivity contribution in [2.45, 2.75) is 39.3 Å². The second-order valence-corrected chi connectivity index (χ2v) is 8.32. The van der Waals surface area contributed by atoms with Crippen molar-refractivity contribution < 1.29 is 4.39 Å². The summed E-state index contributed by atoms with van der Waals surface area (Å²) in [5.41, 5.74) is 6.06. The number of pyridine rings is 2. The van der Waals surface area contributed by atoms with E-state index >= 15 is 0 Å². The van der Waals surface area contributed by atoms with E-state index < -0.39 is 6.17 Å². The van der Waals surface area contributed by atoms with E-state index in [0.717, 1.165) is 34.1 Å². The highest BCUT2D eigenvalue weighted by atomic mass is 19.1. The molecule has 31 heavy (non-hydrogen) atoms. The van der Waals surface area contributed by atoms with Crippen molar-refractivity contribution in [1.29, 1.82) is 0 Å². The highest BCUT2D eigenvalue weighted by molar-refractivity contribution is 5.45. The predicted molar refractivity (Wildman–Crippen MR) is 118 cm³/mol. The molecule has 5 heterocycles. The molecule has 0 unspecified atom stereocenters. The largest absolute Gasteiger partial charge is 0.353 e. The monoisotopic (exact) mass is 416 g/mol. The van der Waals surface area contributed by atoms with Crippen LogP contribution in [0, 0.1) is 13.8 Å². The van der Waals surface area contributed by atoms with Crippen LogP contribution in [-0.4, -0.2) is 43.6 Å². The van der Waals surface area contributed by atoms with Gasteiger partial charge in [-0.3, -0.25) is 4.98 Å². The molecule has 1 atom stereocenters. The average Bonchev–Trinajstić information content (AvgIpc) is 3.35. The van der Waals surface area contributed by atoms with Gasteiger partial charge in [0.1, 0.15) is 23.5 Å². The first-order valence-corrected chi connectivity index (χ1v) is 10.6. The number of alkyl halides is 1. The summed E-state index contributed by atoms with van der Waals surface area (Å²) in [6.45, 7) is 5.13. The number of aromatic nitrogens is 5. The van der Waals surface area contributed by atoms with Gasteiger partial charge in [-0.15, -0.1) is 0 Å². The van der Waals surface area contributed by atoms with Crippen LogP contribution in [0.15, 0.2) is 48.9 Å². The van der Waals surface area contributed by atoms with Crippen molar-refractivity contribution in [3.8, 4) is 0 Å². The minimum atomic E-state index is -0.800. The van der Waals surface area contributed by atoms with Gasteiger partial charge in [-0.2, -0.15) is 0 Å². The van der Waals surface area contributed by atoms with E-state index in [0.29, 0.717) is 38.2 Å². The molecular weight excluding hydrogens is 391 g/mol. The van der Waals surface area contributed by atoms with E-state index in [1.54, 1.807) is 6.20 Å². The molecule has 0 N–H and O–H groups in total. The maximum atomic E-state index is 13.9. The van der Waals surface area contributed by atoms with Crippen LogP contribution >= 0.6 is 0 Å². The zero-order valence-corrected chi connectivity index (χ0v) is 17.8. The Balaban J connectivity index is 1.49. The van der Waals surface area contributed by atoms with E-state index in [-0.39, 0.29) is 0 Å². The third-order valence-corrected chi connectivity index (χ3v) is 5.60. The van der Waals surface area contributed by atoms with Crippen molar-refractivity contribution in [2.24, 2.45) is 0 Å². The third kappa shape index (κ3) is 4.40. The Labute approximate surface area is 180 Å². The second-order valence-electron chi connectivity index (χ2n) is 8.32. The predicted octanol–water partition coefficient (Wildman–Crippen LogP) is 3.87. The Kier molecular flexibility index (Phi) is 5.10. The summed E-state index contributed by atoms with van der Waals surface area (Å²) >= 11 is 0. The highest BCUT2D eigenvalue weighted by Gasteiger charge is 2.24. The number of hydrogen-bond acceptors (Lipinski definition) is 5. The van der Waals surface area contributed by atoms with Gasteiger partial charge in [-0.1, -0.05) is 0 Å². The summed E-state index contributed by atoms with van der Waals surface area (Å²) < 4.78 is 15.8. The Bertz CT molecular complexity index is 1210. The van der Waals surface area contributed by atoms with Crippen LogP contribution in [-0.2, 0) is 12.8 Å². The number of rotatable bonds is 5. The molecule has 6 nitrogen and oxygen atoms in total. The van der Waals surface area contributed by atoms with Gasteiger partial charge in [0, 0.05) is 49.0 Å². The number of anilines is 1. The molecule has 4 aromatic heterocycles. The lowest BCUT2D eigenvalue weighted by Gasteiger charge is -2.18. The van der Waals surface area contributed by atoms with E-state index in [1.165, 1.54) is 5.56 Å². The van der Waals surface area contributed by atoms with Crippen LogP contribution in [0.25, 0.3) is 5.65 Å². The first kappa shape index (κ1) is 19.6. The molecule has 0 saturated carbocycles. The lowest BCUT2D eigenvalue weighted by molar-refractivity contribution is 0.364. The molecule has 0 radical (unpaired) electrons. The zero-order valence-electron chi connectivity index (χ0n) is 17.8. The summed E-state index contributed by atoms with van der Waals surface area (Å²) in [6, 6.07) is 10.3. The van der Waals surface area contributed by atoms with E-state index in [2.05, 4.69) is 41.2 Å². The number of nitrogens with zero attached hydrogens (tertiary/aromatic N) is 6. The number of imidazole rings is 1. The van der Waals surface area contributed by atoms with E-state index in [9.17, 15) is 4.39 Å². The maximum absolute atomic E-state index is 13.9. The van der Waals surface area contributed by atoms with Crippen LogP contribution in [0.5, 0.6) is 0 Å². The average molecular weight is 417 g/mol. The van der Waals surface area contributed by atoms with Crippen molar-refractivity contribution in [3.05, 3.63) is 83.0 Å². The fourth-order valence-corrected chi connectivity index (χ4v) is 4.24. The second kappa shape index (κ2) is 8.06. The van der Waals surface area contributed by atoms with E-state index in [4.69, 9.17) is 9.97 Å². The smallest absolute Gasteiger partial charge is 0.136 e. The quantitative estimate of drug-likeness (QED) is 0.494. The molecule has 0 aromatic carbocycles. The number of halogens is 1. The Morgan fingerprint density at radius 3 is 2.68 bits per heavy atom. The molecule has 0 aliphatic carbocycles. The van der Waals surface area contributed by atoms with E-state index in [1.807, 2.05) is 34.7 Å². The minimum absolute atomic E-state index is 0.387. The summed E-state index contributed by atoms with van der Waals surface area (Å²) in [4.78, 5) is 20.7. The van der Waals surface area contributed by atoms with Gasteiger partial charge in [0.05, 0.1) is 18.7 Å². The molecule has 0 spiro atoms. The Hall–Kier alpha value is -3.35. The molecule has 158 valence electrons. The van der Waals surface area contributed by atoms with Gasteiger partial charge in [0.2, 0.25) is 0 Å². The fraction of sp³-hybridized carbons (Fsp3) is 0.333. The molecule has 4 aromatic rings. The first-order valence-electron chi connectivity index (χ1n) is 10.6. The zero-order chi connectivity index (χ0) is 21.4. The van der Waals surface area contributed by atoms with Gasteiger partial charge in [-0.05, 0) is 55.7 Å². The van der Waals surface area contributed by atoms with Gasteiger partial charge in [0.15, 0.2) is 0 Å². The molecule has 0 amide bonds. The summed E-state index contributed by atoms with van der Waals surface area (Å²) in [5.74, 6) is 1.51. The summed E-state index contributed by atoms with van der Waals surface area (Å²) in [6.07, 6.45) is 6.69. The van der Waals surface area contributed by atoms with Crippen molar-refractivity contribution in [1.82, 2.24) is 24.3 Å². The highest BCUT2D eigenvalue weighted by Crippen LogP contribution is 2.23. The van der Waals surface area contributed by atoms with Crippen LogP contribution in [0.1, 0.15) is 40.5 Å². The molecule has 1 saturated heterocycles. The van der Waals surface area contributed by atoms with Gasteiger partial charge in [0.25, 0.3) is 0 Å². The lowest BCUT2D eigenvalue weighted by Crippen LogP contribution is -2.22. The topological polar surface area (TPSA) is 59.2 Å². The van der Waals surface area contributed by atoms with Crippen LogP contribution in [0.3, 0.4) is 0 Å². The van der Waals surface area contributed by atoms with Crippen LogP contribution < -0.4 is 4.90 Å². The van der Waals surface area contributed by atoms with Gasteiger partial charge in [-0.25, -0.2) is 19.3 Å². The SMILES string of the molecule is Cc1cc(C)nc(Cc2nc(Cc3ccn4ccnc4c3)cc(N3CC[C@H](F)C3)n2)c1. The molecular formula is C24H25FN6. The molecule has 1 fully saturated rings. The van der Waals surface area contributed by atoms with Crippen molar-refractivity contribution in [3.63, 3.8) is 0 Å². The van der Waals surface area contributed by atoms with Crippen LogP contribution in [0.4, 0.5) is 10.2 Å². The molecule has 1 aliphatic heterocycles. The van der Waals surface area contributed by atoms with Crippen LogP contribution in [0.2, 0.25) is 0 Å². The fourth-order valence-electron chi connectivity index (χ4n) is 4.24. The summed E-state index contributed by atoms with van der Waals surface area (Å²) in [7, 11) is 0. The standard InChI is InChI=1S/C24H25FN6/c1-16-9-17(2)27-20(10-16)13-22-28-21(14-24(29-22)31-7-4-19(25)15-31)11-18-3-6-30-8-5-26-23(30)12-18/h3,5-6,8-10,12,14,19H,4,7,11,13,15H2,1-2H3/t19-/m0/s1. The molecule has 7 heteroatoms.